The number of alkyl halides is 8. The zero-order valence-electron chi connectivity index (χ0n) is 10.1. The predicted octanol–water partition coefficient (Wildman–Crippen LogP) is 5.55. The van der Waals surface area contributed by atoms with E-state index in [9.17, 15) is 61.5 Å². The molecule has 0 aliphatic carbocycles. The first-order valence-corrected chi connectivity index (χ1v) is 4.71. The van der Waals surface area contributed by atoms with E-state index in [-0.39, 0.29) is 0 Å². The Morgan fingerprint density at radius 3 is 0.833 bits per heavy atom. The van der Waals surface area contributed by atoms with Crippen molar-refractivity contribution in [3.63, 3.8) is 0 Å². The Bertz CT molecular complexity index is 479. The van der Waals surface area contributed by atoms with E-state index in [1.165, 1.54) is 0 Å². The second kappa shape index (κ2) is 6.54. The molecule has 0 saturated heterocycles. The molecule has 0 N–H and O–H groups in total. The topological polar surface area (TPSA) is 18.5 Å². The van der Waals surface area contributed by atoms with E-state index in [0.29, 0.717) is 0 Å². The van der Waals surface area contributed by atoms with Gasteiger partial charge in [-0.1, -0.05) is 0 Å². The lowest BCUT2D eigenvalue weighted by Gasteiger charge is -2.34. The van der Waals surface area contributed by atoms with Crippen molar-refractivity contribution in [1.82, 2.24) is 0 Å². The summed E-state index contributed by atoms with van der Waals surface area (Å²) >= 11 is 0. The fourth-order valence-corrected chi connectivity index (χ4v) is 0.796. The second-order valence-electron chi connectivity index (χ2n) is 3.45. The van der Waals surface area contributed by atoms with Gasteiger partial charge < -0.3 is 9.47 Å². The van der Waals surface area contributed by atoms with Crippen LogP contribution in [0.15, 0.2) is 24.2 Å². The van der Waals surface area contributed by atoms with Crippen molar-refractivity contribution < 1.29 is 70.9 Å². The summed E-state index contributed by atoms with van der Waals surface area (Å²) in [6.45, 7) is 0. The Hall–Kier alpha value is -1.90. The summed E-state index contributed by atoms with van der Waals surface area (Å²) in [6, 6.07) is -7.67. The summed E-state index contributed by atoms with van der Waals surface area (Å²) in [6.07, 6.45) is -21.8. The zero-order chi connectivity index (χ0) is 19.7. The van der Waals surface area contributed by atoms with Gasteiger partial charge in [-0.05, 0) is 0 Å². The highest BCUT2D eigenvalue weighted by Crippen LogP contribution is 2.54. The monoisotopic (exact) mass is 394 g/mol. The number of rotatable bonds is 7. The molecule has 142 valence electrons. The van der Waals surface area contributed by atoms with Crippen LogP contribution in [-0.4, -0.2) is 24.1 Å². The maximum atomic E-state index is 12.8. The van der Waals surface area contributed by atoms with Crippen LogP contribution in [-0.2, 0) is 9.47 Å². The zero-order valence-corrected chi connectivity index (χ0v) is 10.1. The summed E-state index contributed by atoms with van der Waals surface area (Å²) in [5.74, 6) is -15.1. The molecule has 0 aliphatic rings. The summed E-state index contributed by atoms with van der Waals surface area (Å²) in [7, 11) is 0. The molecule has 0 heterocycles. The minimum atomic E-state index is -7.54. The second-order valence-corrected chi connectivity index (χ2v) is 3.45. The van der Waals surface area contributed by atoms with Crippen LogP contribution in [0.2, 0.25) is 0 Å². The summed E-state index contributed by atoms with van der Waals surface area (Å²) in [4.78, 5) is 0. The molecule has 0 bridgehead atoms. The van der Waals surface area contributed by atoms with Crippen LogP contribution in [0.25, 0.3) is 0 Å². The molecule has 0 aromatic rings. The number of hydrogen-bond acceptors (Lipinski definition) is 2. The van der Waals surface area contributed by atoms with Crippen LogP contribution in [0.3, 0.4) is 0 Å². The van der Waals surface area contributed by atoms with E-state index in [1.54, 1.807) is 0 Å². The van der Waals surface area contributed by atoms with Crippen molar-refractivity contribution in [1.29, 1.82) is 0 Å². The summed E-state index contributed by atoms with van der Waals surface area (Å²) in [5, 5.41) is 0. The minimum absolute atomic E-state index is 1.85. The van der Waals surface area contributed by atoms with Crippen LogP contribution in [0.4, 0.5) is 61.5 Å². The third-order valence-corrected chi connectivity index (χ3v) is 1.86. The number of halogens is 14. The van der Waals surface area contributed by atoms with Gasteiger partial charge in [-0.25, -0.2) is 0 Å². The number of ether oxygens (including phenoxy) is 2. The van der Waals surface area contributed by atoms with Crippen LogP contribution < -0.4 is 0 Å². The molecule has 0 unspecified atom stereocenters. The van der Waals surface area contributed by atoms with Gasteiger partial charge in [0.1, 0.15) is 0 Å². The molecular formula is C8F14O2. The van der Waals surface area contributed by atoms with Crippen molar-refractivity contribution in [2.24, 2.45) is 0 Å². The average Bonchev–Trinajstić information content (AvgIpc) is 2.36. The van der Waals surface area contributed by atoms with E-state index in [4.69, 9.17) is 0 Å². The molecule has 0 aromatic carbocycles. The molecule has 0 fully saturated rings. The van der Waals surface area contributed by atoms with Crippen LogP contribution in [0.1, 0.15) is 0 Å². The SMILES string of the molecule is FC(F)=C(F)OC(F)(F)C(F)(F)C(F)(F)C(F)(F)OC(F)=C(F)F. The Labute approximate surface area is 120 Å². The first-order valence-electron chi connectivity index (χ1n) is 4.71. The first kappa shape index (κ1) is 22.1. The van der Waals surface area contributed by atoms with E-state index < -0.39 is 48.2 Å². The molecule has 0 saturated carbocycles. The van der Waals surface area contributed by atoms with Gasteiger partial charge in [0, 0.05) is 0 Å². The predicted molar refractivity (Wildman–Crippen MR) is 42.7 cm³/mol. The van der Waals surface area contributed by atoms with Gasteiger partial charge in [0.2, 0.25) is 0 Å². The lowest BCUT2D eigenvalue weighted by molar-refractivity contribution is -0.457. The quantitative estimate of drug-likeness (QED) is 0.417. The summed E-state index contributed by atoms with van der Waals surface area (Å²) in [5.41, 5.74) is 0. The lowest BCUT2D eigenvalue weighted by Crippen LogP contribution is -2.63. The molecule has 0 atom stereocenters. The third kappa shape index (κ3) is 3.95. The fraction of sp³-hybridized carbons (Fsp3) is 0.500. The van der Waals surface area contributed by atoms with E-state index >= 15 is 0 Å². The van der Waals surface area contributed by atoms with Gasteiger partial charge in [0.15, 0.2) is 0 Å². The largest absolute Gasteiger partial charge is 0.473 e. The molecule has 16 heteroatoms. The average molecular weight is 394 g/mol. The molecule has 0 amide bonds. The molecule has 0 radical (unpaired) electrons. The van der Waals surface area contributed by atoms with Gasteiger partial charge in [0.25, 0.3) is 0 Å². The van der Waals surface area contributed by atoms with Gasteiger partial charge in [-0.2, -0.15) is 61.5 Å². The first-order chi connectivity index (χ1) is 10.4. The summed E-state index contributed by atoms with van der Waals surface area (Å²) < 4.78 is 175. The van der Waals surface area contributed by atoms with Crippen molar-refractivity contribution >= 4 is 0 Å². The molecular weight excluding hydrogens is 394 g/mol. The molecule has 0 aliphatic heterocycles. The Morgan fingerprint density at radius 1 is 0.458 bits per heavy atom. The van der Waals surface area contributed by atoms with Crippen LogP contribution >= 0.6 is 0 Å². The van der Waals surface area contributed by atoms with Gasteiger partial charge in [0.05, 0.1) is 0 Å². The molecule has 0 aromatic heterocycles. The Balaban J connectivity index is 5.89. The van der Waals surface area contributed by atoms with Crippen molar-refractivity contribution in [2.75, 3.05) is 0 Å². The maximum Gasteiger partial charge on any atom is 0.473 e. The molecule has 24 heavy (non-hydrogen) atoms. The Morgan fingerprint density at radius 2 is 0.667 bits per heavy atom. The molecule has 0 spiro atoms. The molecule has 0 rings (SSSR count). The van der Waals surface area contributed by atoms with Crippen LogP contribution in [0.5, 0.6) is 0 Å². The highest BCUT2D eigenvalue weighted by Gasteiger charge is 2.85. The fourth-order valence-electron chi connectivity index (χ4n) is 0.796. The third-order valence-electron chi connectivity index (χ3n) is 1.86. The van der Waals surface area contributed by atoms with Crippen LogP contribution in [0, 0.1) is 0 Å². The maximum absolute atomic E-state index is 12.8. The number of hydrogen-bond donors (Lipinski definition) is 0. The van der Waals surface area contributed by atoms with E-state index in [2.05, 4.69) is 0 Å². The minimum Gasteiger partial charge on any atom is -0.397 e. The standard InChI is InChI=1S/C8F14O2/c9-1(10)3(13)23-7(19,20)5(15,16)6(17,18)8(21,22)24-4(14)2(11)12. The van der Waals surface area contributed by atoms with E-state index in [0.717, 1.165) is 0 Å². The highest BCUT2D eigenvalue weighted by atomic mass is 19.4. The van der Waals surface area contributed by atoms with Crippen molar-refractivity contribution in [3.8, 4) is 0 Å². The van der Waals surface area contributed by atoms with Gasteiger partial charge in [-0.3, -0.25) is 0 Å². The Kier molecular flexibility index (Phi) is 6.02. The normalized spacial score (nSPS) is 13.4. The smallest absolute Gasteiger partial charge is 0.397 e. The van der Waals surface area contributed by atoms with Gasteiger partial charge in [-0.15, -0.1) is 0 Å². The van der Waals surface area contributed by atoms with Crippen molar-refractivity contribution in [2.45, 2.75) is 24.1 Å². The van der Waals surface area contributed by atoms with Crippen molar-refractivity contribution in [3.05, 3.63) is 24.2 Å². The van der Waals surface area contributed by atoms with Gasteiger partial charge >= 0.3 is 48.2 Å². The lowest BCUT2D eigenvalue weighted by atomic mass is 10.1. The highest BCUT2D eigenvalue weighted by molar-refractivity contribution is 5.00. The van der Waals surface area contributed by atoms with E-state index in [1.807, 2.05) is 9.47 Å². The molecule has 2 nitrogen and oxygen atoms in total.